The van der Waals surface area contributed by atoms with Gasteiger partial charge in [0.05, 0.1) is 17.5 Å². The molecule has 32 heavy (non-hydrogen) atoms. The molecule has 4 rings (SSSR count). The van der Waals surface area contributed by atoms with Gasteiger partial charge in [-0.3, -0.25) is 9.52 Å². The van der Waals surface area contributed by atoms with Gasteiger partial charge in [-0.2, -0.15) is 5.10 Å². The van der Waals surface area contributed by atoms with E-state index in [9.17, 15) is 13.2 Å². The molecule has 0 unspecified atom stereocenters. The molecule has 0 saturated carbocycles. The third kappa shape index (κ3) is 5.16. The summed E-state index contributed by atoms with van der Waals surface area (Å²) in [6, 6.07) is 23.0. The average molecular weight is 467 g/mol. The zero-order chi connectivity index (χ0) is 22.7. The normalized spacial score (nSPS) is 11.2. The minimum absolute atomic E-state index is 0.346. The summed E-state index contributed by atoms with van der Waals surface area (Å²) in [5.74, 6) is -0.346. The van der Waals surface area contributed by atoms with Crippen LogP contribution in [0.25, 0.3) is 16.9 Å². The molecular formula is C23H19ClN4O3S. The highest BCUT2D eigenvalue weighted by molar-refractivity contribution is 7.92. The molecule has 0 aliphatic carbocycles. The molecule has 0 bridgehead atoms. The Labute approximate surface area is 190 Å². The van der Waals surface area contributed by atoms with Crippen LogP contribution in [0.1, 0.15) is 10.4 Å². The Hall–Kier alpha value is -3.62. The lowest BCUT2D eigenvalue weighted by molar-refractivity contribution is 0.102. The maximum Gasteiger partial charge on any atom is 0.259 e. The minimum Gasteiger partial charge on any atom is -0.322 e. The fourth-order valence-corrected chi connectivity index (χ4v) is 3.80. The number of anilines is 2. The lowest BCUT2D eigenvalue weighted by atomic mass is 10.1. The summed E-state index contributed by atoms with van der Waals surface area (Å²) in [5, 5.41) is 8.06. The number of para-hydroxylation sites is 1. The molecule has 7 nitrogen and oxygen atoms in total. The molecule has 1 aromatic heterocycles. The predicted octanol–water partition coefficient (Wildman–Crippen LogP) is 4.82. The van der Waals surface area contributed by atoms with Crippen molar-refractivity contribution in [2.45, 2.75) is 0 Å². The van der Waals surface area contributed by atoms with Crippen LogP contribution in [0.5, 0.6) is 0 Å². The van der Waals surface area contributed by atoms with Gasteiger partial charge in [-0.15, -0.1) is 0 Å². The van der Waals surface area contributed by atoms with E-state index >= 15 is 0 Å². The van der Waals surface area contributed by atoms with Crippen LogP contribution in [-0.2, 0) is 10.0 Å². The first-order chi connectivity index (χ1) is 15.3. The van der Waals surface area contributed by atoms with Crippen molar-refractivity contribution in [1.82, 2.24) is 9.78 Å². The van der Waals surface area contributed by atoms with Crippen molar-refractivity contribution in [3.63, 3.8) is 0 Å². The molecule has 0 spiro atoms. The van der Waals surface area contributed by atoms with E-state index in [4.69, 9.17) is 11.6 Å². The fourth-order valence-electron chi connectivity index (χ4n) is 3.11. The number of aromatic nitrogens is 2. The first-order valence-corrected chi connectivity index (χ1v) is 11.9. The molecule has 0 radical (unpaired) electrons. The van der Waals surface area contributed by atoms with Gasteiger partial charge in [0.1, 0.15) is 5.69 Å². The Kier molecular flexibility index (Phi) is 5.98. The van der Waals surface area contributed by atoms with Crippen LogP contribution in [0, 0.1) is 0 Å². The zero-order valence-corrected chi connectivity index (χ0v) is 18.6. The van der Waals surface area contributed by atoms with Gasteiger partial charge in [-0.25, -0.2) is 13.1 Å². The largest absolute Gasteiger partial charge is 0.322 e. The van der Waals surface area contributed by atoms with Crippen LogP contribution in [0.3, 0.4) is 0 Å². The molecule has 0 aliphatic heterocycles. The van der Waals surface area contributed by atoms with Gasteiger partial charge >= 0.3 is 0 Å². The molecule has 162 valence electrons. The third-order valence-electron chi connectivity index (χ3n) is 4.54. The van der Waals surface area contributed by atoms with Crippen molar-refractivity contribution < 1.29 is 13.2 Å². The van der Waals surface area contributed by atoms with Crippen molar-refractivity contribution >= 4 is 38.9 Å². The predicted molar refractivity (Wildman–Crippen MR) is 127 cm³/mol. The van der Waals surface area contributed by atoms with Crippen LogP contribution < -0.4 is 10.0 Å². The van der Waals surface area contributed by atoms with Crippen LogP contribution >= 0.6 is 11.6 Å². The Balaban J connectivity index is 1.66. The number of sulfonamides is 1. The second kappa shape index (κ2) is 8.86. The number of halogens is 1. The van der Waals surface area contributed by atoms with E-state index < -0.39 is 10.0 Å². The maximum absolute atomic E-state index is 13.1. The number of hydrogen-bond acceptors (Lipinski definition) is 4. The monoisotopic (exact) mass is 466 g/mol. The lowest BCUT2D eigenvalue weighted by Gasteiger charge is -2.08. The van der Waals surface area contributed by atoms with E-state index in [1.54, 1.807) is 47.3 Å². The molecule has 9 heteroatoms. The van der Waals surface area contributed by atoms with Crippen molar-refractivity contribution in [3.8, 4) is 16.9 Å². The molecule has 0 fully saturated rings. The van der Waals surface area contributed by atoms with Gasteiger partial charge in [0.2, 0.25) is 10.0 Å². The number of nitrogens with one attached hydrogen (secondary N) is 2. The van der Waals surface area contributed by atoms with Crippen LogP contribution in [0.15, 0.2) is 85.1 Å². The number of hydrogen-bond donors (Lipinski definition) is 2. The number of rotatable bonds is 6. The summed E-state index contributed by atoms with van der Waals surface area (Å²) in [4.78, 5) is 13.1. The van der Waals surface area contributed by atoms with Gasteiger partial charge in [-0.05, 0) is 48.5 Å². The highest BCUT2D eigenvalue weighted by Gasteiger charge is 2.19. The van der Waals surface area contributed by atoms with Gasteiger partial charge in [-0.1, -0.05) is 41.9 Å². The van der Waals surface area contributed by atoms with E-state index in [0.717, 1.165) is 17.5 Å². The Morgan fingerprint density at radius 2 is 1.53 bits per heavy atom. The molecule has 0 atom stereocenters. The van der Waals surface area contributed by atoms with Crippen LogP contribution in [0.4, 0.5) is 11.4 Å². The van der Waals surface area contributed by atoms with E-state index in [0.29, 0.717) is 27.7 Å². The second-order valence-electron chi connectivity index (χ2n) is 7.08. The summed E-state index contributed by atoms with van der Waals surface area (Å²) in [6.07, 6.45) is 2.75. The van der Waals surface area contributed by atoms with E-state index in [2.05, 4.69) is 15.1 Å². The second-order valence-corrected chi connectivity index (χ2v) is 9.27. The van der Waals surface area contributed by atoms with E-state index in [-0.39, 0.29) is 5.91 Å². The fraction of sp³-hybridized carbons (Fsp3) is 0.0435. The van der Waals surface area contributed by atoms with E-state index in [1.165, 1.54) is 0 Å². The summed E-state index contributed by atoms with van der Waals surface area (Å²) in [5.41, 5.74) is 3.39. The molecule has 3 aromatic carbocycles. The standard InChI is InChI=1S/C23H19ClN4O3S/c1-32(30,31)27-19-13-11-18(12-14-19)25-23(29)21-15-28(20-5-3-2-4-6-20)26-22(21)16-7-9-17(24)10-8-16/h2-15,27H,1H3,(H,25,29). The number of nitrogens with zero attached hydrogens (tertiary/aromatic N) is 2. The zero-order valence-electron chi connectivity index (χ0n) is 17.0. The van der Waals surface area contributed by atoms with Gasteiger partial charge in [0.25, 0.3) is 5.91 Å². The van der Waals surface area contributed by atoms with Crippen molar-refractivity contribution in [2.75, 3.05) is 16.3 Å². The molecular weight excluding hydrogens is 448 g/mol. The smallest absolute Gasteiger partial charge is 0.259 e. The first kappa shape index (κ1) is 21.6. The summed E-state index contributed by atoms with van der Waals surface area (Å²) in [6.45, 7) is 0. The lowest BCUT2D eigenvalue weighted by Crippen LogP contribution is -2.13. The quantitative estimate of drug-likeness (QED) is 0.426. The molecule has 0 aliphatic rings. The Morgan fingerprint density at radius 1 is 0.906 bits per heavy atom. The summed E-state index contributed by atoms with van der Waals surface area (Å²) in [7, 11) is -3.38. The molecule has 2 N–H and O–H groups in total. The first-order valence-electron chi connectivity index (χ1n) is 9.59. The third-order valence-corrected chi connectivity index (χ3v) is 5.40. The SMILES string of the molecule is CS(=O)(=O)Nc1ccc(NC(=O)c2cn(-c3ccccc3)nc2-c2ccc(Cl)cc2)cc1. The van der Waals surface area contributed by atoms with Crippen LogP contribution in [0.2, 0.25) is 5.02 Å². The number of carbonyl (C=O) groups excluding carboxylic acids is 1. The average Bonchev–Trinajstić information content (AvgIpc) is 3.21. The summed E-state index contributed by atoms with van der Waals surface area (Å²) < 4.78 is 26.8. The van der Waals surface area contributed by atoms with Crippen LogP contribution in [-0.4, -0.2) is 30.4 Å². The molecule has 1 amide bonds. The van der Waals surface area contributed by atoms with Gasteiger partial charge < -0.3 is 5.32 Å². The number of benzene rings is 3. The van der Waals surface area contributed by atoms with Gasteiger partial charge in [0, 0.05) is 28.2 Å². The van der Waals surface area contributed by atoms with Crippen molar-refractivity contribution in [1.29, 1.82) is 0 Å². The number of amides is 1. The van der Waals surface area contributed by atoms with Crippen molar-refractivity contribution in [3.05, 3.63) is 95.6 Å². The molecule has 1 heterocycles. The Bertz CT molecular complexity index is 1350. The van der Waals surface area contributed by atoms with Gasteiger partial charge in [0.15, 0.2) is 0 Å². The number of carbonyl (C=O) groups is 1. The van der Waals surface area contributed by atoms with E-state index in [1.807, 2.05) is 42.5 Å². The topological polar surface area (TPSA) is 93.1 Å². The maximum atomic E-state index is 13.1. The molecule has 0 saturated heterocycles. The minimum atomic E-state index is -3.38. The summed E-state index contributed by atoms with van der Waals surface area (Å²) >= 11 is 6.02. The van der Waals surface area contributed by atoms with Crippen molar-refractivity contribution in [2.24, 2.45) is 0 Å². The highest BCUT2D eigenvalue weighted by atomic mass is 35.5. The Morgan fingerprint density at radius 3 is 2.16 bits per heavy atom. The highest BCUT2D eigenvalue weighted by Crippen LogP contribution is 2.26. The molecule has 4 aromatic rings.